The van der Waals surface area contributed by atoms with Crippen LogP contribution in [0.5, 0.6) is 0 Å². The number of amides is 1. The average molecular weight is 323 g/mol. The zero-order valence-electron chi connectivity index (χ0n) is 14.5. The molecule has 1 aromatic carbocycles. The van der Waals surface area contributed by atoms with Gasteiger partial charge in [0.1, 0.15) is 5.60 Å². The van der Waals surface area contributed by atoms with Gasteiger partial charge in [-0.1, -0.05) is 37.3 Å². The molecule has 130 valence electrons. The molecule has 0 saturated carbocycles. The highest BCUT2D eigenvalue weighted by molar-refractivity contribution is 5.68. The van der Waals surface area contributed by atoms with Gasteiger partial charge in [-0.25, -0.2) is 4.79 Å². The first-order valence-electron chi connectivity index (χ1n) is 8.03. The van der Waals surface area contributed by atoms with E-state index in [4.69, 9.17) is 9.84 Å². The second-order valence-electron chi connectivity index (χ2n) is 7.03. The summed E-state index contributed by atoms with van der Waals surface area (Å²) in [6.07, 6.45) is -0.401. The van der Waals surface area contributed by atoms with Crippen LogP contribution >= 0.6 is 0 Å². The second-order valence-corrected chi connectivity index (χ2v) is 7.03. The van der Waals surface area contributed by atoms with Gasteiger partial charge in [-0.05, 0) is 45.1 Å². The summed E-state index contributed by atoms with van der Waals surface area (Å²) in [5.74, 6) is -0.0382. The Morgan fingerprint density at radius 1 is 1.26 bits per heavy atom. The number of ether oxygens (including phenoxy) is 1. The van der Waals surface area contributed by atoms with Gasteiger partial charge >= 0.3 is 6.09 Å². The standard InChI is InChI=1S/C18H29NO4/c1-13(12-20)10-16(21)15(11-14-8-6-5-7-9-14)19-17(22)23-18(2,3)4/h5-9,13,15-16,20-21H,10-12H2,1-4H3,(H,19,22)/t13-,15+,16+/m1/s1. The summed E-state index contributed by atoms with van der Waals surface area (Å²) >= 11 is 0. The zero-order chi connectivity index (χ0) is 17.5. The van der Waals surface area contributed by atoms with Crippen molar-refractivity contribution in [2.24, 2.45) is 5.92 Å². The number of carbonyl (C=O) groups excluding carboxylic acids is 1. The molecule has 1 rings (SSSR count). The largest absolute Gasteiger partial charge is 0.444 e. The van der Waals surface area contributed by atoms with Crippen molar-refractivity contribution in [1.82, 2.24) is 5.32 Å². The Morgan fingerprint density at radius 3 is 2.39 bits per heavy atom. The Kier molecular flexibility index (Phi) is 7.52. The molecule has 23 heavy (non-hydrogen) atoms. The van der Waals surface area contributed by atoms with Crippen LogP contribution in [0.2, 0.25) is 0 Å². The quantitative estimate of drug-likeness (QED) is 0.720. The van der Waals surface area contributed by atoms with Crippen molar-refractivity contribution in [2.45, 2.75) is 58.3 Å². The van der Waals surface area contributed by atoms with Crippen LogP contribution < -0.4 is 5.32 Å². The Bertz CT molecular complexity index is 470. The summed E-state index contributed by atoms with van der Waals surface area (Å²) in [5.41, 5.74) is 0.425. The van der Waals surface area contributed by atoms with E-state index in [0.29, 0.717) is 12.8 Å². The number of aliphatic hydroxyl groups excluding tert-OH is 2. The summed E-state index contributed by atoms with van der Waals surface area (Å²) in [7, 11) is 0. The lowest BCUT2D eigenvalue weighted by Gasteiger charge is -2.28. The van der Waals surface area contributed by atoms with Gasteiger partial charge in [0.05, 0.1) is 12.1 Å². The number of aliphatic hydroxyl groups is 2. The molecule has 0 heterocycles. The van der Waals surface area contributed by atoms with E-state index in [1.54, 1.807) is 20.8 Å². The van der Waals surface area contributed by atoms with E-state index in [1.807, 2.05) is 37.3 Å². The average Bonchev–Trinajstić information content (AvgIpc) is 2.45. The number of hydrogen-bond donors (Lipinski definition) is 3. The molecule has 0 aliphatic carbocycles. The Morgan fingerprint density at radius 2 is 1.87 bits per heavy atom. The lowest BCUT2D eigenvalue weighted by molar-refractivity contribution is 0.0380. The molecule has 3 N–H and O–H groups in total. The van der Waals surface area contributed by atoms with Gasteiger partial charge in [-0.15, -0.1) is 0 Å². The molecule has 3 atom stereocenters. The number of nitrogens with one attached hydrogen (secondary N) is 1. The normalized spacial score (nSPS) is 15.6. The molecule has 0 saturated heterocycles. The maximum absolute atomic E-state index is 12.0. The fraction of sp³-hybridized carbons (Fsp3) is 0.611. The Balaban J connectivity index is 2.77. The van der Waals surface area contributed by atoms with E-state index in [0.717, 1.165) is 5.56 Å². The van der Waals surface area contributed by atoms with Crippen molar-refractivity contribution in [2.75, 3.05) is 6.61 Å². The van der Waals surface area contributed by atoms with Crippen LogP contribution in [0.15, 0.2) is 30.3 Å². The number of benzene rings is 1. The first-order valence-corrected chi connectivity index (χ1v) is 8.03. The highest BCUT2D eigenvalue weighted by Crippen LogP contribution is 2.14. The maximum Gasteiger partial charge on any atom is 0.407 e. The summed E-state index contributed by atoms with van der Waals surface area (Å²) in [6, 6.07) is 9.19. The summed E-state index contributed by atoms with van der Waals surface area (Å²) in [6.45, 7) is 7.24. The van der Waals surface area contributed by atoms with Crippen molar-refractivity contribution in [3.63, 3.8) is 0 Å². The van der Waals surface area contributed by atoms with Gasteiger partial charge < -0.3 is 20.3 Å². The van der Waals surface area contributed by atoms with Crippen LogP contribution in [-0.2, 0) is 11.2 Å². The summed E-state index contributed by atoms with van der Waals surface area (Å²) in [4.78, 5) is 12.0. The predicted octanol–water partition coefficient (Wildman–Crippen LogP) is 2.50. The number of alkyl carbamates (subject to hydrolysis) is 1. The second kappa shape index (κ2) is 8.89. The smallest absolute Gasteiger partial charge is 0.407 e. The molecule has 0 fully saturated rings. The zero-order valence-corrected chi connectivity index (χ0v) is 14.5. The van der Waals surface area contributed by atoms with E-state index in [-0.39, 0.29) is 12.5 Å². The molecule has 0 bridgehead atoms. The lowest BCUT2D eigenvalue weighted by Crippen LogP contribution is -2.47. The third-order valence-corrected chi connectivity index (χ3v) is 3.42. The highest BCUT2D eigenvalue weighted by atomic mass is 16.6. The van der Waals surface area contributed by atoms with Crippen molar-refractivity contribution in [1.29, 1.82) is 0 Å². The number of carbonyl (C=O) groups is 1. The van der Waals surface area contributed by atoms with Crippen molar-refractivity contribution in [3.8, 4) is 0 Å². The van der Waals surface area contributed by atoms with Crippen LogP contribution in [0.25, 0.3) is 0 Å². The maximum atomic E-state index is 12.0. The van der Waals surface area contributed by atoms with Crippen molar-refractivity contribution < 1.29 is 19.7 Å². The number of rotatable bonds is 7. The molecule has 0 unspecified atom stereocenters. The molecule has 0 radical (unpaired) electrons. The van der Waals surface area contributed by atoms with Crippen LogP contribution in [0.4, 0.5) is 4.79 Å². The van der Waals surface area contributed by atoms with Gasteiger partial charge in [0.15, 0.2) is 0 Å². The highest BCUT2D eigenvalue weighted by Gasteiger charge is 2.26. The first kappa shape index (κ1) is 19.5. The molecule has 5 heteroatoms. The Labute approximate surface area is 138 Å². The fourth-order valence-electron chi connectivity index (χ4n) is 2.26. The lowest BCUT2D eigenvalue weighted by atomic mass is 9.94. The molecule has 0 aliphatic heterocycles. The van der Waals surface area contributed by atoms with E-state index < -0.39 is 23.8 Å². The van der Waals surface area contributed by atoms with Crippen molar-refractivity contribution in [3.05, 3.63) is 35.9 Å². The molecule has 1 amide bonds. The third-order valence-electron chi connectivity index (χ3n) is 3.42. The van der Waals surface area contributed by atoms with E-state index >= 15 is 0 Å². The molecule has 1 aromatic rings. The minimum Gasteiger partial charge on any atom is -0.444 e. The molecular weight excluding hydrogens is 294 g/mol. The van der Waals surface area contributed by atoms with Crippen LogP contribution in [0.3, 0.4) is 0 Å². The molecule has 5 nitrogen and oxygen atoms in total. The van der Waals surface area contributed by atoms with Crippen LogP contribution in [-0.4, -0.2) is 40.7 Å². The van der Waals surface area contributed by atoms with Gasteiger partial charge in [0, 0.05) is 6.61 Å². The van der Waals surface area contributed by atoms with E-state index in [9.17, 15) is 9.90 Å². The van der Waals surface area contributed by atoms with Gasteiger partial charge in [-0.3, -0.25) is 0 Å². The topological polar surface area (TPSA) is 78.8 Å². The van der Waals surface area contributed by atoms with E-state index in [1.165, 1.54) is 0 Å². The predicted molar refractivity (Wildman–Crippen MR) is 90.2 cm³/mol. The van der Waals surface area contributed by atoms with Gasteiger partial charge in [-0.2, -0.15) is 0 Å². The Hall–Kier alpha value is -1.59. The summed E-state index contributed by atoms with van der Waals surface area (Å²) < 4.78 is 5.28. The van der Waals surface area contributed by atoms with Gasteiger partial charge in [0.2, 0.25) is 0 Å². The third kappa shape index (κ3) is 8.00. The monoisotopic (exact) mass is 323 g/mol. The van der Waals surface area contributed by atoms with Crippen LogP contribution in [0.1, 0.15) is 39.7 Å². The van der Waals surface area contributed by atoms with E-state index in [2.05, 4.69) is 5.32 Å². The fourth-order valence-corrected chi connectivity index (χ4v) is 2.26. The number of hydrogen-bond acceptors (Lipinski definition) is 4. The minimum atomic E-state index is -0.759. The SMILES string of the molecule is C[C@@H](CO)C[C@H](O)[C@H](Cc1ccccc1)NC(=O)OC(C)(C)C. The molecule has 0 aliphatic rings. The van der Waals surface area contributed by atoms with Crippen molar-refractivity contribution >= 4 is 6.09 Å². The molecule has 0 spiro atoms. The molecular formula is C18H29NO4. The first-order chi connectivity index (χ1) is 10.7. The minimum absolute atomic E-state index is 0.00154. The van der Waals surface area contributed by atoms with Crippen LogP contribution in [0, 0.1) is 5.92 Å². The van der Waals surface area contributed by atoms with Gasteiger partial charge in [0.25, 0.3) is 0 Å². The summed E-state index contributed by atoms with van der Waals surface area (Å²) in [5, 5.41) is 22.4. The molecule has 0 aromatic heterocycles.